The van der Waals surface area contributed by atoms with E-state index in [9.17, 15) is 9.59 Å². The summed E-state index contributed by atoms with van der Waals surface area (Å²) >= 11 is 0. The lowest BCUT2D eigenvalue weighted by molar-refractivity contribution is -0.155. The van der Waals surface area contributed by atoms with Crippen LogP contribution in [-0.4, -0.2) is 38.0 Å². The third-order valence-electron chi connectivity index (χ3n) is 3.41. The zero-order valence-corrected chi connectivity index (χ0v) is 13.1. The molecule has 0 radical (unpaired) electrons. The van der Waals surface area contributed by atoms with Crippen LogP contribution in [0.1, 0.15) is 12.5 Å². The van der Waals surface area contributed by atoms with Crippen molar-refractivity contribution in [3.05, 3.63) is 35.8 Å². The Morgan fingerprint density at radius 3 is 2.83 bits per heavy atom. The second-order valence-corrected chi connectivity index (χ2v) is 5.15. The van der Waals surface area contributed by atoms with Gasteiger partial charge in [0.25, 0.3) is 5.91 Å². The van der Waals surface area contributed by atoms with E-state index in [0.29, 0.717) is 18.1 Å². The number of esters is 1. The number of benzene rings is 1. The zero-order valence-electron chi connectivity index (χ0n) is 13.1. The molecule has 0 fully saturated rings. The molecule has 128 valence electrons. The molecule has 1 aromatic rings. The first kappa shape index (κ1) is 16.0. The van der Waals surface area contributed by atoms with Crippen molar-refractivity contribution in [2.24, 2.45) is 0 Å². The van der Waals surface area contributed by atoms with Gasteiger partial charge in [0.2, 0.25) is 12.6 Å². The molecule has 0 unspecified atom stereocenters. The number of amides is 1. The van der Waals surface area contributed by atoms with E-state index in [1.807, 2.05) is 6.07 Å². The summed E-state index contributed by atoms with van der Waals surface area (Å²) in [6.07, 6.45) is 0.223. The molecule has 1 N–H and O–H groups in total. The molecule has 1 aromatic carbocycles. The number of ether oxygens (including phenoxy) is 5. The molecule has 2 heterocycles. The van der Waals surface area contributed by atoms with E-state index in [-0.39, 0.29) is 25.7 Å². The average Bonchev–Trinajstić information content (AvgIpc) is 3.08. The molecular weight excluding hydrogens is 318 g/mol. The number of carbonyl (C=O) groups is 2. The van der Waals surface area contributed by atoms with Crippen molar-refractivity contribution in [2.45, 2.75) is 19.6 Å². The predicted octanol–water partition coefficient (Wildman–Crippen LogP) is 0.851. The van der Waals surface area contributed by atoms with E-state index in [4.69, 9.17) is 23.7 Å². The normalized spacial score (nSPS) is 16.3. The quantitative estimate of drug-likeness (QED) is 0.798. The van der Waals surface area contributed by atoms with Gasteiger partial charge in [-0.25, -0.2) is 4.79 Å². The van der Waals surface area contributed by atoms with E-state index in [1.54, 1.807) is 12.1 Å². The molecule has 2 aliphatic heterocycles. The summed E-state index contributed by atoms with van der Waals surface area (Å²) in [6, 6.07) is 5.39. The second kappa shape index (κ2) is 7.12. The molecule has 1 amide bonds. The van der Waals surface area contributed by atoms with Crippen LogP contribution in [0.2, 0.25) is 0 Å². The first-order valence-corrected chi connectivity index (χ1v) is 7.45. The van der Waals surface area contributed by atoms with Crippen LogP contribution in [0.25, 0.3) is 0 Å². The summed E-state index contributed by atoms with van der Waals surface area (Å²) in [7, 11) is 0. The van der Waals surface area contributed by atoms with Gasteiger partial charge in [-0.2, -0.15) is 0 Å². The van der Waals surface area contributed by atoms with Crippen LogP contribution >= 0.6 is 0 Å². The summed E-state index contributed by atoms with van der Waals surface area (Å²) in [5.74, 6) is 0.119. The third-order valence-corrected chi connectivity index (χ3v) is 3.41. The standard InChI is InChI=1S/C16H17NO7/c1-10(24-16(19)14-8-20-4-5-21-14)15(18)17-7-11-2-3-12-13(6-11)23-9-22-12/h2-3,6,8,10H,4-5,7,9H2,1H3,(H,17,18)/t10-/m1/s1. The number of nitrogens with one attached hydrogen (secondary N) is 1. The van der Waals surface area contributed by atoms with Gasteiger partial charge in [-0.3, -0.25) is 4.79 Å². The van der Waals surface area contributed by atoms with Gasteiger partial charge >= 0.3 is 5.97 Å². The molecule has 24 heavy (non-hydrogen) atoms. The van der Waals surface area contributed by atoms with Gasteiger partial charge in [-0.1, -0.05) is 6.07 Å². The number of rotatable bonds is 5. The minimum atomic E-state index is -0.960. The average molecular weight is 335 g/mol. The Hall–Kier alpha value is -2.90. The highest BCUT2D eigenvalue weighted by Crippen LogP contribution is 2.32. The highest BCUT2D eigenvalue weighted by atomic mass is 16.7. The Balaban J connectivity index is 1.49. The fraction of sp³-hybridized carbons (Fsp3) is 0.375. The van der Waals surface area contributed by atoms with Gasteiger partial charge in [-0.05, 0) is 24.6 Å². The summed E-state index contributed by atoms with van der Waals surface area (Å²) in [4.78, 5) is 23.8. The first-order chi connectivity index (χ1) is 11.6. The topological polar surface area (TPSA) is 92.3 Å². The van der Waals surface area contributed by atoms with Gasteiger partial charge in [0.15, 0.2) is 17.6 Å². The fourth-order valence-corrected chi connectivity index (χ4v) is 2.13. The largest absolute Gasteiger partial charge is 0.493 e. The highest BCUT2D eigenvalue weighted by molar-refractivity contribution is 5.89. The highest BCUT2D eigenvalue weighted by Gasteiger charge is 2.23. The van der Waals surface area contributed by atoms with Gasteiger partial charge < -0.3 is 29.0 Å². The molecule has 8 nitrogen and oxygen atoms in total. The van der Waals surface area contributed by atoms with E-state index < -0.39 is 18.0 Å². The summed E-state index contributed by atoms with van der Waals surface area (Å²) in [5.41, 5.74) is 0.845. The minimum Gasteiger partial charge on any atom is -0.493 e. The van der Waals surface area contributed by atoms with Crippen LogP contribution in [0.3, 0.4) is 0 Å². The molecule has 8 heteroatoms. The maximum absolute atomic E-state index is 12.0. The van der Waals surface area contributed by atoms with Crippen molar-refractivity contribution in [3.63, 3.8) is 0 Å². The van der Waals surface area contributed by atoms with Crippen LogP contribution in [0.4, 0.5) is 0 Å². The maximum Gasteiger partial charge on any atom is 0.377 e. The van der Waals surface area contributed by atoms with Crippen LogP contribution in [0.15, 0.2) is 30.2 Å². The van der Waals surface area contributed by atoms with E-state index in [2.05, 4.69) is 5.32 Å². The first-order valence-electron chi connectivity index (χ1n) is 7.45. The lowest BCUT2D eigenvalue weighted by atomic mass is 10.2. The Morgan fingerprint density at radius 2 is 2.04 bits per heavy atom. The molecule has 0 bridgehead atoms. The van der Waals surface area contributed by atoms with Crippen LogP contribution in [0, 0.1) is 0 Å². The van der Waals surface area contributed by atoms with E-state index in [0.717, 1.165) is 5.56 Å². The SMILES string of the molecule is C[C@@H](OC(=O)C1=COCCO1)C(=O)NCc1ccc2c(c1)OCO2. The van der Waals surface area contributed by atoms with Crippen molar-refractivity contribution < 1.29 is 33.3 Å². The number of carbonyl (C=O) groups excluding carboxylic acids is 2. The second-order valence-electron chi connectivity index (χ2n) is 5.15. The molecule has 2 aliphatic rings. The summed E-state index contributed by atoms with van der Waals surface area (Å²) < 4.78 is 25.6. The van der Waals surface area contributed by atoms with Crippen molar-refractivity contribution >= 4 is 11.9 Å². The molecule has 0 aromatic heterocycles. The van der Waals surface area contributed by atoms with Crippen LogP contribution in [-0.2, 0) is 30.3 Å². The predicted molar refractivity (Wildman–Crippen MR) is 80.0 cm³/mol. The van der Waals surface area contributed by atoms with Crippen molar-refractivity contribution in [2.75, 3.05) is 20.0 Å². The van der Waals surface area contributed by atoms with Crippen LogP contribution < -0.4 is 14.8 Å². The Labute approximate surface area is 138 Å². The lowest BCUT2D eigenvalue weighted by Gasteiger charge is -2.17. The maximum atomic E-state index is 12.0. The van der Waals surface area contributed by atoms with Gasteiger partial charge in [0, 0.05) is 6.54 Å². The molecule has 0 spiro atoms. The molecule has 0 saturated carbocycles. The van der Waals surface area contributed by atoms with Crippen LogP contribution in [0.5, 0.6) is 11.5 Å². The van der Waals surface area contributed by atoms with E-state index in [1.165, 1.54) is 13.2 Å². The van der Waals surface area contributed by atoms with Gasteiger partial charge in [-0.15, -0.1) is 0 Å². The van der Waals surface area contributed by atoms with Gasteiger partial charge in [0.1, 0.15) is 19.5 Å². The Kier molecular flexibility index (Phi) is 4.74. The smallest absolute Gasteiger partial charge is 0.377 e. The Morgan fingerprint density at radius 1 is 1.21 bits per heavy atom. The minimum absolute atomic E-state index is 0.0447. The summed E-state index contributed by atoms with van der Waals surface area (Å²) in [6.45, 7) is 2.60. The summed E-state index contributed by atoms with van der Waals surface area (Å²) in [5, 5.41) is 2.69. The van der Waals surface area contributed by atoms with E-state index >= 15 is 0 Å². The molecular formula is C16H17NO7. The molecule has 0 saturated heterocycles. The molecule has 0 aliphatic carbocycles. The fourth-order valence-electron chi connectivity index (χ4n) is 2.13. The van der Waals surface area contributed by atoms with Crippen molar-refractivity contribution in [1.29, 1.82) is 0 Å². The monoisotopic (exact) mass is 335 g/mol. The lowest BCUT2D eigenvalue weighted by Crippen LogP contribution is -2.36. The van der Waals surface area contributed by atoms with Crippen molar-refractivity contribution in [1.82, 2.24) is 5.32 Å². The number of fused-ring (bicyclic) bond motifs is 1. The number of hydrogen-bond acceptors (Lipinski definition) is 7. The third kappa shape index (κ3) is 3.70. The zero-order chi connectivity index (χ0) is 16.9. The molecule has 3 rings (SSSR count). The van der Waals surface area contributed by atoms with Crippen molar-refractivity contribution in [3.8, 4) is 11.5 Å². The molecule has 1 atom stereocenters. The Bertz CT molecular complexity index is 670. The van der Waals surface area contributed by atoms with Gasteiger partial charge in [0.05, 0.1) is 0 Å². The number of hydrogen-bond donors (Lipinski definition) is 1.